The summed E-state index contributed by atoms with van der Waals surface area (Å²) in [5.41, 5.74) is 10.3. The monoisotopic (exact) mass is 246 g/mol. The van der Waals surface area contributed by atoms with Crippen LogP contribution in [-0.2, 0) is 6.54 Å². The molecule has 1 saturated carbocycles. The maximum atomic E-state index is 5.92. The number of hydrogen-bond donors (Lipinski definition) is 2. The molecule has 0 amide bonds. The van der Waals surface area contributed by atoms with Crippen molar-refractivity contribution < 1.29 is 0 Å². The molecule has 1 aliphatic carbocycles. The van der Waals surface area contributed by atoms with Crippen molar-refractivity contribution in [2.45, 2.75) is 41.2 Å². The lowest BCUT2D eigenvalue weighted by Gasteiger charge is -2.10. The summed E-state index contributed by atoms with van der Waals surface area (Å²) in [5, 5.41) is 3.59. The highest BCUT2D eigenvalue weighted by molar-refractivity contribution is 5.49. The van der Waals surface area contributed by atoms with E-state index in [2.05, 4.69) is 46.0 Å². The maximum absolute atomic E-state index is 5.92. The summed E-state index contributed by atoms with van der Waals surface area (Å²) in [6.07, 6.45) is 0. The van der Waals surface area contributed by atoms with Gasteiger partial charge in [0, 0.05) is 12.2 Å². The summed E-state index contributed by atoms with van der Waals surface area (Å²) in [6.45, 7) is 13.6. The fourth-order valence-electron chi connectivity index (χ4n) is 3.09. The molecule has 0 unspecified atom stereocenters. The smallest absolute Gasteiger partial charge is 0.0346 e. The lowest BCUT2D eigenvalue weighted by atomic mass is 10.0. The molecule has 18 heavy (non-hydrogen) atoms. The fourth-order valence-corrected chi connectivity index (χ4v) is 3.09. The number of benzene rings is 1. The van der Waals surface area contributed by atoms with Crippen molar-refractivity contribution in [1.29, 1.82) is 0 Å². The standard InChI is InChI=1S/C16H26N2/c1-11-12(7-6-8-13(11)17)9-18-10-14-15(2,3)16(14,4)5/h6-8,14,18H,9-10,17H2,1-5H3. The summed E-state index contributed by atoms with van der Waals surface area (Å²) < 4.78 is 0. The first kappa shape index (κ1) is 13.4. The molecule has 1 aromatic carbocycles. The third kappa shape index (κ3) is 2.03. The second kappa shape index (κ2) is 4.27. The van der Waals surface area contributed by atoms with E-state index in [1.54, 1.807) is 0 Å². The second-order valence-electron chi connectivity index (χ2n) is 6.76. The molecule has 0 radical (unpaired) electrons. The zero-order chi connectivity index (χ0) is 13.6. The van der Waals surface area contributed by atoms with E-state index >= 15 is 0 Å². The Bertz CT molecular complexity index is 432. The first-order chi connectivity index (χ1) is 8.28. The van der Waals surface area contributed by atoms with Crippen molar-refractivity contribution in [1.82, 2.24) is 5.32 Å². The molecule has 0 atom stereocenters. The topological polar surface area (TPSA) is 38.0 Å². The van der Waals surface area contributed by atoms with Crippen LogP contribution in [0.3, 0.4) is 0 Å². The van der Waals surface area contributed by atoms with Gasteiger partial charge in [-0.15, -0.1) is 0 Å². The zero-order valence-electron chi connectivity index (χ0n) is 12.3. The minimum absolute atomic E-state index is 0.463. The molecule has 2 nitrogen and oxygen atoms in total. The van der Waals surface area contributed by atoms with Gasteiger partial charge in [0.1, 0.15) is 0 Å². The first-order valence-electron chi connectivity index (χ1n) is 6.83. The highest BCUT2D eigenvalue weighted by atomic mass is 14.9. The molecule has 0 aliphatic heterocycles. The van der Waals surface area contributed by atoms with Gasteiger partial charge in [0.15, 0.2) is 0 Å². The summed E-state index contributed by atoms with van der Waals surface area (Å²) in [6, 6.07) is 6.15. The SMILES string of the molecule is Cc1c(N)cccc1CNCC1C(C)(C)C1(C)C. The molecule has 2 heteroatoms. The maximum Gasteiger partial charge on any atom is 0.0346 e. The number of anilines is 1. The van der Waals surface area contributed by atoms with Crippen LogP contribution in [0, 0.1) is 23.7 Å². The Morgan fingerprint density at radius 3 is 2.33 bits per heavy atom. The van der Waals surface area contributed by atoms with Gasteiger partial charge in [0.25, 0.3) is 0 Å². The van der Waals surface area contributed by atoms with Crippen LogP contribution in [0.1, 0.15) is 38.8 Å². The molecule has 2 rings (SSSR count). The van der Waals surface area contributed by atoms with Crippen LogP contribution in [0.25, 0.3) is 0 Å². The number of nitrogens with two attached hydrogens (primary N) is 1. The van der Waals surface area contributed by atoms with Crippen LogP contribution in [0.4, 0.5) is 5.69 Å². The molecule has 100 valence electrons. The van der Waals surface area contributed by atoms with Gasteiger partial charge in [0.05, 0.1) is 0 Å². The lowest BCUT2D eigenvalue weighted by Crippen LogP contribution is -2.19. The third-order valence-corrected chi connectivity index (χ3v) is 5.47. The second-order valence-corrected chi connectivity index (χ2v) is 6.76. The van der Waals surface area contributed by atoms with Gasteiger partial charge in [-0.1, -0.05) is 39.8 Å². The van der Waals surface area contributed by atoms with E-state index in [9.17, 15) is 0 Å². The Morgan fingerprint density at radius 2 is 1.78 bits per heavy atom. The summed E-state index contributed by atoms with van der Waals surface area (Å²) in [7, 11) is 0. The normalized spacial score (nSPS) is 20.9. The molecule has 0 bridgehead atoms. The minimum atomic E-state index is 0.463. The molecule has 0 spiro atoms. The van der Waals surface area contributed by atoms with Crippen LogP contribution in [0.5, 0.6) is 0 Å². The van der Waals surface area contributed by atoms with Crippen molar-refractivity contribution in [2.75, 3.05) is 12.3 Å². The van der Waals surface area contributed by atoms with E-state index in [1.165, 1.54) is 11.1 Å². The van der Waals surface area contributed by atoms with Crippen LogP contribution >= 0.6 is 0 Å². The average molecular weight is 246 g/mol. The van der Waals surface area contributed by atoms with Gasteiger partial charge in [-0.3, -0.25) is 0 Å². The number of rotatable bonds is 4. The van der Waals surface area contributed by atoms with Crippen LogP contribution in [-0.4, -0.2) is 6.54 Å². The van der Waals surface area contributed by atoms with Crippen molar-refractivity contribution in [3.63, 3.8) is 0 Å². The zero-order valence-corrected chi connectivity index (χ0v) is 12.3. The number of nitrogen functional groups attached to an aromatic ring is 1. The van der Waals surface area contributed by atoms with Gasteiger partial charge in [-0.05, 0) is 47.4 Å². The van der Waals surface area contributed by atoms with E-state index in [1.807, 2.05) is 12.1 Å². The minimum Gasteiger partial charge on any atom is -0.399 e. The van der Waals surface area contributed by atoms with Gasteiger partial charge in [-0.2, -0.15) is 0 Å². The van der Waals surface area contributed by atoms with E-state index in [0.29, 0.717) is 10.8 Å². The highest BCUT2D eigenvalue weighted by Gasteiger charge is 2.63. The van der Waals surface area contributed by atoms with Crippen molar-refractivity contribution in [2.24, 2.45) is 16.7 Å². The van der Waals surface area contributed by atoms with Crippen molar-refractivity contribution >= 4 is 5.69 Å². The van der Waals surface area contributed by atoms with E-state index in [4.69, 9.17) is 5.73 Å². The quantitative estimate of drug-likeness (QED) is 0.800. The van der Waals surface area contributed by atoms with E-state index < -0.39 is 0 Å². The van der Waals surface area contributed by atoms with Gasteiger partial charge in [0.2, 0.25) is 0 Å². The van der Waals surface area contributed by atoms with E-state index in [0.717, 1.165) is 24.7 Å². The summed E-state index contributed by atoms with van der Waals surface area (Å²) >= 11 is 0. The summed E-state index contributed by atoms with van der Waals surface area (Å²) in [5.74, 6) is 0.770. The molecule has 1 fully saturated rings. The molecule has 1 aliphatic rings. The predicted molar refractivity (Wildman–Crippen MR) is 78.4 cm³/mol. The van der Waals surface area contributed by atoms with Gasteiger partial charge < -0.3 is 11.1 Å². The Kier molecular flexibility index (Phi) is 3.18. The molecule has 0 heterocycles. The molecule has 1 aromatic rings. The number of hydrogen-bond acceptors (Lipinski definition) is 2. The highest BCUT2D eigenvalue weighted by Crippen LogP contribution is 2.67. The fraction of sp³-hybridized carbons (Fsp3) is 0.625. The summed E-state index contributed by atoms with van der Waals surface area (Å²) in [4.78, 5) is 0. The first-order valence-corrected chi connectivity index (χ1v) is 6.83. The average Bonchev–Trinajstić information content (AvgIpc) is 2.66. The van der Waals surface area contributed by atoms with Gasteiger partial charge in [-0.25, -0.2) is 0 Å². The molecule has 0 saturated heterocycles. The predicted octanol–water partition coefficient (Wildman–Crippen LogP) is 3.35. The molecular formula is C16H26N2. The van der Waals surface area contributed by atoms with E-state index in [-0.39, 0.29) is 0 Å². The van der Waals surface area contributed by atoms with Crippen LogP contribution in [0.15, 0.2) is 18.2 Å². The largest absolute Gasteiger partial charge is 0.399 e. The third-order valence-electron chi connectivity index (χ3n) is 5.47. The van der Waals surface area contributed by atoms with Crippen LogP contribution < -0.4 is 11.1 Å². The molecule has 3 N–H and O–H groups in total. The molecule has 0 aromatic heterocycles. The van der Waals surface area contributed by atoms with Gasteiger partial charge >= 0.3 is 0 Å². The van der Waals surface area contributed by atoms with Crippen molar-refractivity contribution in [3.05, 3.63) is 29.3 Å². The Morgan fingerprint density at radius 1 is 1.17 bits per heavy atom. The Labute approximate surface area is 111 Å². The van der Waals surface area contributed by atoms with Crippen molar-refractivity contribution in [3.8, 4) is 0 Å². The molecular weight excluding hydrogens is 220 g/mol. The Balaban J connectivity index is 1.89. The number of nitrogens with one attached hydrogen (secondary N) is 1. The van der Waals surface area contributed by atoms with Crippen LogP contribution in [0.2, 0.25) is 0 Å². The Hall–Kier alpha value is -1.02. The lowest BCUT2D eigenvalue weighted by molar-refractivity contribution is 0.457.